The molecule has 4 nitrogen and oxygen atoms in total. The summed E-state index contributed by atoms with van der Waals surface area (Å²) in [6.45, 7) is 6.71. The van der Waals surface area contributed by atoms with Gasteiger partial charge in [0, 0.05) is 17.6 Å². The second-order valence-corrected chi connectivity index (χ2v) is 4.62. The molecule has 1 atom stereocenters. The van der Waals surface area contributed by atoms with Gasteiger partial charge in [-0.25, -0.2) is 0 Å². The molecule has 0 aliphatic rings. The smallest absolute Gasteiger partial charge is 0.256 e. The van der Waals surface area contributed by atoms with Crippen molar-refractivity contribution in [2.75, 3.05) is 12.0 Å². The van der Waals surface area contributed by atoms with Gasteiger partial charge in [0.1, 0.15) is 0 Å². The first-order valence-electron chi connectivity index (χ1n) is 6.12. The van der Waals surface area contributed by atoms with Crippen molar-refractivity contribution in [3.05, 3.63) is 28.8 Å². The van der Waals surface area contributed by atoms with Crippen molar-refractivity contribution in [3.8, 4) is 0 Å². The molecule has 0 bridgehead atoms. The lowest BCUT2D eigenvalue weighted by atomic mass is 10.1. The van der Waals surface area contributed by atoms with E-state index in [1.165, 1.54) is 0 Å². The normalized spacial score (nSPS) is 12.1. The van der Waals surface area contributed by atoms with E-state index < -0.39 is 0 Å². The number of rotatable bonds is 5. The van der Waals surface area contributed by atoms with Gasteiger partial charge in [-0.3, -0.25) is 10.6 Å². The van der Waals surface area contributed by atoms with Crippen LogP contribution in [-0.4, -0.2) is 23.4 Å². The minimum absolute atomic E-state index is 0.0534. The third kappa shape index (κ3) is 3.15. The number of benzene rings is 1. The van der Waals surface area contributed by atoms with Crippen LogP contribution in [0.3, 0.4) is 0 Å². The predicted molar refractivity (Wildman–Crippen MR) is 75.7 cm³/mol. The molecule has 3 N–H and O–H groups in total. The van der Waals surface area contributed by atoms with Crippen molar-refractivity contribution in [1.29, 1.82) is 0 Å². The Balaban J connectivity index is 3.11. The highest BCUT2D eigenvalue weighted by atomic mass is 35.5. The van der Waals surface area contributed by atoms with E-state index in [2.05, 4.69) is 12.3 Å². The Hall–Kier alpha value is -1.26. The van der Waals surface area contributed by atoms with Crippen LogP contribution in [0.2, 0.25) is 5.02 Å². The zero-order valence-corrected chi connectivity index (χ0v) is 11.8. The van der Waals surface area contributed by atoms with Crippen LogP contribution in [0.25, 0.3) is 0 Å². The highest BCUT2D eigenvalue weighted by Crippen LogP contribution is 2.22. The Bertz CT molecular complexity index is 423. The van der Waals surface area contributed by atoms with E-state index in [1.54, 1.807) is 18.2 Å². The molecular weight excluding hydrogens is 250 g/mol. The second-order valence-electron chi connectivity index (χ2n) is 4.18. The fourth-order valence-corrected chi connectivity index (χ4v) is 2.02. The molecule has 0 saturated heterocycles. The fraction of sp³-hybridized carbons (Fsp3) is 0.462. The first kappa shape index (κ1) is 14.8. The quantitative estimate of drug-likeness (QED) is 0.638. The molecule has 1 rings (SSSR count). The molecule has 0 aliphatic heterocycles. The van der Waals surface area contributed by atoms with Crippen LogP contribution in [0.1, 0.15) is 37.6 Å². The zero-order chi connectivity index (χ0) is 13.7. The van der Waals surface area contributed by atoms with Crippen molar-refractivity contribution in [1.82, 2.24) is 4.90 Å². The Morgan fingerprint density at radius 2 is 2.17 bits per heavy atom. The lowest BCUT2D eigenvalue weighted by Gasteiger charge is -2.28. The lowest BCUT2D eigenvalue weighted by molar-refractivity contribution is 0.0701. The van der Waals surface area contributed by atoms with Crippen molar-refractivity contribution in [2.45, 2.75) is 33.2 Å². The molecule has 0 heterocycles. The van der Waals surface area contributed by atoms with Crippen LogP contribution < -0.4 is 11.3 Å². The number of nitrogen functional groups attached to an aromatic ring is 1. The summed E-state index contributed by atoms with van der Waals surface area (Å²) in [6.07, 6.45) is 0.908. The molecule has 1 aromatic rings. The van der Waals surface area contributed by atoms with E-state index in [-0.39, 0.29) is 11.9 Å². The summed E-state index contributed by atoms with van der Waals surface area (Å²) in [5.74, 6) is 5.37. The summed E-state index contributed by atoms with van der Waals surface area (Å²) in [4.78, 5) is 14.3. The van der Waals surface area contributed by atoms with E-state index in [0.29, 0.717) is 22.8 Å². The van der Waals surface area contributed by atoms with Crippen molar-refractivity contribution >= 4 is 23.2 Å². The van der Waals surface area contributed by atoms with Crippen molar-refractivity contribution in [2.24, 2.45) is 5.84 Å². The SMILES string of the molecule is CCC(C)N(CC)C(=O)c1cc(Cl)ccc1NN. The highest BCUT2D eigenvalue weighted by molar-refractivity contribution is 6.31. The van der Waals surface area contributed by atoms with Gasteiger partial charge >= 0.3 is 0 Å². The molecule has 0 radical (unpaired) electrons. The van der Waals surface area contributed by atoms with Gasteiger partial charge < -0.3 is 10.3 Å². The molecule has 0 aliphatic carbocycles. The number of carbonyl (C=O) groups is 1. The van der Waals surface area contributed by atoms with E-state index in [1.807, 2.05) is 18.7 Å². The largest absolute Gasteiger partial charge is 0.336 e. The monoisotopic (exact) mass is 269 g/mol. The van der Waals surface area contributed by atoms with Crippen LogP contribution in [0.5, 0.6) is 0 Å². The molecule has 1 amide bonds. The van der Waals surface area contributed by atoms with Gasteiger partial charge in [0.2, 0.25) is 0 Å². The number of nitrogens with one attached hydrogen (secondary N) is 1. The average molecular weight is 270 g/mol. The van der Waals surface area contributed by atoms with Gasteiger partial charge in [-0.15, -0.1) is 0 Å². The highest BCUT2D eigenvalue weighted by Gasteiger charge is 2.21. The topological polar surface area (TPSA) is 58.4 Å². The number of hydrogen-bond acceptors (Lipinski definition) is 3. The van der Waals surface area contributed by atoms with Gasteiger partial charge in [-0.1, -0.05) is 18.5 Å². The molecule has 5 heteroatoms. The third-order valence-corrected chi connectivity index (χ3v) is 3.33. The van der Waals surface area contributed by atoms with Crippen LogP contribution in [0.4, 0.5) is 5.69 Å². The van der Waals surface area contributed by atoms with E-state index in [0.717, 1.165) is 6.42 Å². The van der Waals surface area contributed by atoms with Crippen LogP contribution in [-0.2, 0) is 0 Å². The number of nitrogens with zero attached hydrogens (tertiary/aromatic N) is 1. The summed E-state index contributed by atoms with van der Waals surface area (Å²) in [6, 6.07) is 5.24. The van der Waals surface area contributed by atoms with Crippen LogP contribution in [0.15, 0.2) is 18.2 Å². The number of carbonyl (C=O) groups excluding carboxylic acids is 1. The molecular formula is C13H20ClN3O. The number of hydrogen-bond donors (Lipinski definition) is 2. The summed E-state index contributed by atoms with van der Waals surface area (Å²) in [5, 5.41) is 0.526. The van der Waals surface area contributed by atoms with Gasteiger partial charge in [0.15, 0.2) is 0 Å². The Morgan fingerprint density at radius 1 is 1.50 bits per heavy atom. The minimum Gasteiger partial charge on any atom is -0.336 e. The Labute approximate surface area is 113 Å². The predicted octanol–water partition coefficient (Wildman–Crippen LogP) is 2.89. The van der Waals surface area contributed by atoms with E-state index >= 15 is 0 Å². The first-order chi connectivity index (χ1) is 8.54. The Morgan fingerprint density at radius 3 is 2.67 bits per heavy atom. The summed E-state index contributed by atoms with van der Waals surface area (Å²) in [5.41, 5.74) is 3.63. The Kier molecular flexibility index (Phi) is 5.44. The standard InChI is InChI=1S/C13H20ClN3O/c1-4-9(3)17(5-2)13(18)11-8-10(14)6-7-12(11)16-15/h6-9,16H,4-5,15H2,1-3H3. The molecule has 1 unspecified atom stereocenters. The van der Waals surface area contributed by atoms with E-state index in [4.69, 9.17) is 17.4 Å². The first-order valence-corrected chi connectivity index (χ1v) is 6.50. The van der Waals surface area contributed by atoms with Crippen molar-refractivity contribution in [3.63, 3.8) is 0 Å². The van der Waals surface area contributed by atoms with Gasteiger partial charge in [-0.05, 0) is 38.5 Å². The van der Waals surface area contributed by atoms with Gasteiger partial charge in [0.25, 0.3) is 5.91 Å². The molecule has 1 aromatic carbocycles. The number of nitrogens with two attached hydrogens (primary N) is 1. The zero-order valence-electron chi connectivity index (χ0n) is 11.0. The van der Waals surface area contributed by atoms with Crippen molar-refractivity contribution < 1.29 is 4.79 Å². The molecule has 100 valence electrons. The molecule has 0 aromatic heterocycles. The number of halogens is 1. The summed E-state index contributed by atoms with van der Waals surface area (Å²) < 4.78 is 0. The average Bonchev–Trinajstić information content (AvgIpc) is 2.39. The maximum atomic E-state index is 12.5. The maximum absolute atomic E-state index is 12.5. The molecule has 0 saturated carbocycles. The summed E-state index contributed by atoms with van der Waals surface area (Å²) in [7, 11) is 0. The number of anilines is 1. The number of hydrazine groups is 1. The van der Waals surface area contributed by atoms with Crippen LogP contribution in [0, 0.1) is 0 Å². The summed E-state index contributed by atoms with van der Waals surface area (Å²) >= 11 is 5.94. The molecule has 0 fully saturated rings. The second kappa shape index (κ2) is 6.61. The number of amides is 1. The third-order valence-electron chi connectivity index (χ3n) is 3.09. The fourth-order valence-electron chi connectivity index (χ4n) is 1.85. The lowest BCUT2D eigenvalue weighted by Crippen LogP contribution is -2.38. The van der Waals surface area contributed by atoms with Gasteiger partial charge in [0.05, 0.1) is 11.3 Å². The van der Waals surface area contributed by atoms with Crippen LogP contribution >= 0.6 is 11.6 Å². The van der Waals surface area contributed by atoms with E-state index in [9.17, 15) is 4.79 Å². The van der Waals surface area contributed by atoms with Gasteiger partial charge in [-0.2, -0.15) is 0 Å². The minimum atomic E-state index is -0.0534. The molecule has 0 spiro atoms. The molecule has 18 heavy (non-hydrogen) atoms. The maximum Gasteiger partial charge on any atom is 0.256 e.